The van der Waals surface area contributed by atoms with E-state index in [-0.39, 0.29) is 38.6 Å². The number of hydrogen-bond donors (Lipinski definition) is 2. The maximum absolute atomic E-state index is 12.7. The standard InChI is InChI=1S/C65H110NO8P/c1-3-5-7-9-11-13-15-17-18-19-20-21-22-23-24-25-26-27-28-29-30-31-32-33-34-35-36-37-38-39-40-41-42-43-44-46-48-50-52-54-56-58-65(68)74-63(62-73-75(69,70)72-60-59-66)61-71-64(67)57-55-53-51-49-47-45-16-14-12-10-8-6-4-2/h5,7,11,13,17-18,20-21,23-24,26-27,29-30,32-33,35-36,38-39,63H,3-4,6,8-10,12,14-16,19,22,25,28,31,34,37,40-62,66H2,1-2H3,(H,69,70)/b7-5-,13-11-,18-17-,21-20-,24-23-,27-26-,30-29-,33-32-,36-35-,39-38-. The summed E-state index contributed by atoms with van der Waals surface area (Å²) in [6.07, 6.45) is 82.7. The number of nitrogens with two attached hydrogens (primary N) is 1. The molecule has 0 fully saturated rings. The highest BCUT2D eigenvalue weighted by Gasteiger charge is 2.26. The number of carbonyl (C=O) groups excluding carboxylic acids is 2. The van der Waals surface area contributed by atoms with Crippen molar-refractivity contribution >= 4 is 19.8 Å². The number of ether oxygens (including phenoxy) is 2. The number of phosphoric ester groups is 1. The summed E-state index contributed by atoms with van der Waals surface area (Å²) >= 11 is 0. The summed E-state index contributed by atoms with van der Waals surface area (Å²) in [5.74, 6) is -0.834. The molecule has 3 N–H and O–H groups in total. The molecule has 2 unspecified atom stereocenters. The highest BCUT2D eigenvalue weighted by Crippen LogP contribution is 2.43. The fourth-order valence-electron chi connectivity index (χ4n) is 7.96. The van der Waals surface area contributed by atoms with Crippen molar-refractivity contribution in [3.05, 3.63) is 122 Å². The Kier molecular flexibility index (Phi) is 56.8. The fourth-order valence-corrected chi connectivity index (χ4v) is 8.72. The summed E-state index contributed by atoms with van der Waals surface area (Å²) in [5, 5.41) is 0. The first-order valence-electron chi connectivity index (χ1n) is 30.0. The monoisotopic (exact) mass is 1060 g/mol. The second-order valence-electron chi connectivity index (χ2n) is 19.5. The summed E-state index contributed by atoms with van der Waals surface area (Å²) in [6.45, 7) is 3.62. The lowest BCUT2D eigenvalue weighted by atomic mass is 10.0. The van der Waals surface area contributed by atoms with E-state index in [4.69, 9.17) is 24.3 Å². The smallest absolute Gasteiger partial charge is 0.462 e. The van der Waals surface area contributed by atoms with Crippen LogP contribution in [0.3, 0.4) is 0 Å². The summed E-state index contributed by atoms with van der Waals surface area (Å²) in [6, 6.07) is 0. The van der Waals surface area contributed by atoms with Gasteiger partial charge in [-0.15, -0.1) is 0 Å². The van der Waals surface area contributed by atoms with Crippen LogP contribution in [0.5, 0.6) is 0 Å². The fraction of sp³-hybridized carbons (Fsp3) is 0.662. The van der Waals surface area contributed by atoms with Crippen molar-refractivity contribution in [2.45, 2.75) is 251 Å². The normalized spacial score (nSPS) is 13.9. The van der Waals surface area contributed by atoms with E-state index in [1.54, 1.807) is 0 Å². The Morgan fingerprint density at radius 2 is 0.733 bits per heavy atom. The van der Waals surface area contributed by atoms with E-state index in [2.05, 4.69) is 135 Å². The Balaban J connectivity index is 3.93. The molecule has 10 heteroatoms. The molecular weight excluding hydrogens is 954 g/mol. The summed E-state index contributed by atoms with van der Waals surface area (Å²) in [7, 11) is -4.39. The lowest BCUT2D eigenvalue weighted by molar-refractivity contribution is -0.161. The largest absolute Gasteiger partial charge is 0.472 e. The maximum Gasteiger partial charge on any atom is 0.472 e. The van der Waals surface area contributed by atoms with Gasteiger partial charge in [0.25, 0.3) is 0 Å². The van der Waals surface area contributed by atoms with Gasteiger partial charge in [0.05, 0.1) is 13.2 Å². The lowest BCUT2D eigenvalue weighted by Crippen LogP contribution is -2.29. The molecule has 0 spiro atoms. The van der Waals surface area contributed by atoms with Crippen LogP contribution in [0.15, 0.2) is 122 Å². The predicted molar refractivity (Wildman–Crippen MR) is 321 cm³/mol. The summed E-state index contributed by atoms with van der Waals surface area (Å²) in [5.41, 5.74) is 5.37. The van der Waals surface area contributed by atoms with Crippen LogP contribution in [-0.2, 0) is 32.7 Å². The van der Waals surface area contributed by atoms with Gasteiger partial charge in [0.15, 0.2) is 6.10 Å². The first kappa shape index (κ1) is 71.4. The third-order valence-corrected chi connectivity index (χ3v) is 13.3. The van der Waals surface area contributed by atoms with Crippen LogP contribution in [0, 0.1) is 0 Å². The van der Waals surface area contributed by atoms with Crippen LogP contribution in [-0.4, -0.2) is 49.3 Å². The second kappa shape index (κ2) is 59.7. The van der Waals surface area contributed by atoms with Crippen molar-refractivity contribution in [1.82, 2.24) is 0 Å². The SMILES string of the molecule is CC/C=C\C/C=C\C/C=C\C/C=C\C/C=C\C/C=C\C/C=C\C/C=C\C/C=C\C/C=C\CCCCCCCCCCCCC(=O)OC(COC(=O)CCCCCCCCCCCCCCC)COP(=O)(O)OCCN. The van der Waals surface area contributed by atoms with Crippen molar-refractivity contribution in [1.29, 1.82) is 0 Å². The summed E-state index contributed by atoms with van der Waals surface area (Å²) < 4.78 is 33.0. The zero-order valence-electron chi connectivity index (χ0n) is 47.7. The van der Waals surface area contributed by atoms with Crippen LogP contribution in [0.4, 0.5) is 0 Å². The number of rotatable bonds is 55. The van der Waals surface area contributed by atoms with Crippen molar-refractivity contribution in [2.75, 3.05) is 26.4 Å². The minimum atomic E-state index is -4.39. The van der Waals surface area contributed by atoms with E-state index in [9.17, 15) is 19.0 Å². The zero-order valence-corrected chi connectivity index (χ0v) is 48.6. The zero-order chi connectivity index (χ0) is 54.5. The van der Waals surface area contributed by atoms with Gasteiger partial charge < -0.3 is 20.1 Å². The van der Waals surface area contributed by atoms with Crippen LogP contribution < -0.4 is 5.73 Å². The first-order chi connectivity index (χ1) is 36.8. The van der Waals surface area contributed by atoms with Gasteiger partial charge in [0.2, 0.25) is 0 Å². The minimum absolute atomic E-state index is 0.0492. The molecule has 0 heterocycles. The molecule has 0 saturated heterocycles. The Morgan fingerprint density at radius 1 is 0.413 bits per heavy atom. The van der Waals surface area contributed by atoms with E-state index in [0.29, 0.717) is 6.42 Å². The molecule has 0 rings (SSSR count). The van der Waals surface area contributed by atoms with Crippen molar-refractivity contribution < 1.29 is 37.6 Å². The van der Waals surface area contributed by atoms with Crippen LogP contribution >= 0.6 is 7.82 Å². The van der Waals surface area contributed by atoms with Crippen LogP contribution in [0.25, 0.3) is 0 Å². The molecule has 0 radical (unpaired) electrons. The third-order valence-electron chi connectivity index (χ3n) is 12.4. The molecule has 428 valence electrons. The number of phosphoric acid groups is 1. The Bertz CT molecular complexity index is 1640. The number of esters is 2. The molecule has 75 heavy (non-hydrogen) atoms. The van der Waals surface area contributed by atoms with Crippen molar-refractivity contribution in [3.63, 3.8) is 0 Å². The lowest BCUT2D eigenvalue weighted by Gasteiger charge is -2.19. The molecule has 0 amide bonds. The molecule has 0 saturated carbocycles. The number of carbonyl (C=O) groups is 2. The average molecular weight is 1060 g/mol. The van der Waals surface area contributed by atoms with Gasteiger partial charge in [-0.1, -0.05) is 264 Å². The van der Waals surface area contributed by atoms with Gasteiger partial charge >= 0.3 is 19.8 Å². The Labute approximate surface area is 460 Å². The maximum atomic E-state index is 12.7. The molecule has 2 atom stereocenters. The molecule has 0 aliphatic heterocycles. The molecule has 0 aliphatic rings. The van der Waals surface area contributed by atoms with E-state index in [1.807, 2.05) is 0 Å². The van der Waals surface area contributed by atoms with E-state index < -0.39 is 26.5 Å². The summed E-state index contributed by atoms with van der Waals surface area (Å²) in [4.78, 5) is 35.1. The minimum Gasteiger partial charge on any atom is -0.462 e. The van der Waals surface area contributed by atoms with Crippen molar-refractivity contribution in [3.8, 4) is 0 Å². The Morgan fingerprint density at radius 3 is 1.09 bits per heavy atom. The van der Waals surface area contributed by atoms with E-state index >= 15 is 0 Å². The molecule has 0 aromatic heterocycles. The first-order valence-corrected chi connectivity index (χ1v) is 31.5. The molecular formula is C65H110NO8P. The molecule has 0 aromatic carbocycles. The van der Waals surface area contributed by atoms with E-state index in [0.717, 1.165) is 109 Å². The van der Waals surface area contributed by atoms with E-state index in [1.165, 1.54) is 103 Å². The van der Waals surface area contributed by atoms with Gasteiger partial charge in [0.1, 0.15) is 6.61 Å². The predicted octanol–water partition coefficient (Wildman–Crippen LogP) is 19.2. The number of allylic oxidation sites excluding steroid dienone is 20. The highest BCUT2D eigenvalue weighted by molar-refractivity contribution is 7.47. The molecule has 0 aliphatic carbocycles. The average Bonchev–Trinajstić information content (AvgIpc) is 3.40. The van der Waals surface area contributed by atoms with Gasteiger partial charge in [-0.3, -0.25) is 18.6 Å². The van der Waals surface area contributed by atoms with Gasteiger partial charge in [-0.2, -0.15) is 0 Å². The number of unbranched alkanes of at least 4 members (excludes halogenated alkanes) is 22. The quantitative estimate of drug-likeness (QED) is 0.0264. The van der Waals surface area contributed by atoms with Gasteiger partial charge in [-0.25, -0.2) is 4.57 Å². The number of hydrogen-bond acceptors (Lipinski definition) is 8. The highest BCUT2D eigenvalue weighted by atomic mass is 31.2. The molecule has 9 nitrogen and oxygen atoms in total. The van der Waals surface area contributed by atoms with Crippen molar-refractivity contribution in [2.24, 2.45) is 5.73 Å². The van der Waals surface area contributed by atoms with Gasteiger partial charge in [-0.05, 0) is 89.9 Å². The molecule has 0 aromatic rings. The van der Waals surface area contributed by atoms with Crippen LogP contribution in [0.2, 0.25) is 0 Å². The van der Waals surface area contributed by atoms with Gasteiger partial charge in [0, 0.05) is 19.4 Å². The topological polar surface area (TPSA) is 134 Å². The molecule has 0 bridgehead atoms. The Hall–Kier alpha value is -3.59. The third kappa shape index (κ3) is 59.5. The second-order valence-corrected chi connectivity index (χ2v) is 20.9. The van der Waals surface area contributed by atoms with Crippen LogP contribution in [0.1, 0.15) is 245 Å².